The molecule has 0 radical (unpaired) electrons. The van der Waals surface area contributed by atoms with Crippen molar-refractivity contribution in [1.82, 2.24) is 5.32 Å². The van der Waals surface area contributed by atoms with Gasteiger partial charge in [0.25, 0.3) is 0 Å². The Balaban J connectivity index is 2.92. The zero-order chi connectivity index (χ0) is 11.4. The highest BCUT2D eigenvalue weighted by molar-refractivity contribution is 7.99. The van der Waals surface area contributed by atoms with E-state index in [4.69, 9.17) is 5.11 Å². The molecule has 0 aromatic rings. The highest BCUT2D eigenvalue weighted by Gasteiger charge is 1.95. The second-order valence-electron chi connectivity index (χ2n) is 3.32. The topological polar surface area (TPSA) is 49.3 Å². The van der Waals surface area contributed by atoms with Crippen LogP contribution in [0.25, 0.3) is 0 Å². The van der Waals surface area contributed by atoms with E-state index < -0.39 is 5.97 Å². The summed E-state index contributed by atoms with van der Waals surface area (Å²) in [5, 5.41) is 11.7. The SMILES string of the molecule is C=CCSCCNCCCCCC(=O)O. The summed E-state index contributed by atoms with van der Waals surface area (Å²) < 4.78 is 0. The molecule has 0 aliphatic heterocycles. The number of thioether (sulfide) groups is 1. The molecule has 0 unspecified atom stereocenters. The van der Waals surface area contributed by atoms with Crippen molar-refractivity contribution in [2.24, 2.45) is 0 Å². The van der Waals surface area contributed by atoms with Crippen molar-refractivity contribution in [2.75, 3.05) is 24.6 Å². The van der Waals surface area contributed by atoms with Gasteiger partial charge in [0.2, 0.25) is 0 Å². The number of unbranched alkanes of at least 4 members (excludes halogenated alkanes) is 2. The van der Waals surface area contributed by atoms with E-state index in [1.54, 1.807) is 0 Å². The molecule has 0 amide bonds. The Labute approximate surface area is 96.3 Å². The molecule has 15 heavy (non-hydrogen) atoms. The van der Waals surface area contributed by atoms with Gasteiger partial charge in [0, 0.05) is 24.5 Å². The molecule has 0 atom stereocenters. The van der Waals surface area contributed by atoms with Gasteiger partial charge in [-0.15, -0.1) is 6.58 Å². The highest BCUT2D eigenvalue weighted by Crippen LogP contribution is 1.99. The molecule has 0 saturated heterocycles. The van der Waals surface area contributed by atoms with Crippen LogP contribution in [-0.4, -0.2) is 35.7 Å². The number of rotatable bonds is 11. The number of nitrogens with one attached hydrogen (secondary N) is 1. The molecule has 0 aliphatic carbocycles. The average Bonchev–Trinajstić information content (AvgIpc) is 2.20. The normalized spacial score (nSPS) is 10.1. The van der Waals surface area contributed by atoms with E-state index >= 15 is 0 Å². The van der Waals surface area contributed by atoms with Crippen LogP contribution in [0.5, 0.6) is 0 Å². The largest absolute Gasteiger partial charge is 0.481 e. The first kappa shape index (κ1) is 14.5. The molecule has 0 rings (SSSR count). The van der Waals surface area contributed by atoms with Gasteiger partial charge >= 0.3 is 5.97 Å². The van der Waals surface area contributed by atoms with Crippen molar-refractivity contribution in [3.8, 4) is 0 Å². The molecule has 4 heteroatoms. The van der Waals surface area contributed by atoms with Crippen molar-refractivity contribution in [3.05, 3.63) is 12.7 Å². The molecule has 0 spiro atoms. The predicted octanol–water partition coefficient (Wildman–Crippen LogP) is 2.14. The van der Waals surface area contributed by atoms with Crippen LogP contribution in [0.1, 0.15) is 25.7 Å². The highest BCUT2D eigenvalue weighted by atomic mass is 32.2. The summed E-state index contributed by atoms with van der Waals surface area (Å²) in [6, 6.07) is 0. The van der Waals surface area contributed by atoms with Crippen LogP contribution >= 0.6 is 11.8 Å². The first-order valence-corrected chi connectivity index (χ1v) is 6.54. The number of carboxylic acid groups (broad SMARTS) is 1. The van der Waals surface area contributed by atoms with Crippen LogP contribution in [-0.2, 0) is 4.79 Å². The lowest BCUT2D eigenvalue weighted by Gasteiger charge is -2.03. The smallest absolute Gasteiger partial charge is 0.303 e. The van der Waals surface area contributed by atoms with Crippen molar-refractivity contribution in [3.63, 3.8) is 0 Å². The zero-order valence-electron chi connectivity index (χ0n) is 9.21. The lowest BCUT2D eigenvalue weighted by Crippen LogP contribution is -2.18. The zero-order valence-corrected chi connectivity index (χ0v) is 10.0. The maximum Gasteiger partial charge on any atom is 0.303 e. The Kier molecular flexibility index (Phi) is 11.2. The molecule has 2 N–H and O–H groups in total. The molecule has 0 bridgehead atoms. The fraction of sp³-hybridized carbons (Fsp3) is 0.727. The number of carboxylic acids is 1. The maximum absolute atomic E-state index is 10.2. The summed E-state index contributed by atoms with van der Waals surface area (Å²) in [7, 11) is 0. The lowest BCUT2D eigenvalue weighted by atomic mass is 10.2. The first-order valence-electron chi connectivity index (χ1n) is 5.38. The first-order chi connectivity index (χ1) is 7.27. The molecule has 0 fully saturated rings. The molecule has 88 valence electrons. The van der Waals surface area contributed by atoms with E-state index in [9.17, 15) is 4.79 Å². The molecule has 3 nitrogen and oxygen atoms in total. The van der Waals surface area contributed by atoms with Crippen molar-refractivity contribution in [1.29, 1.82) is 0 Å². The Morgan fingerprint density at radius 2 is 2.13 bits per heavy atom. The van der Waals surface area contributed by atoms with Crippen LogP contribution in [0.2, 0.25) is 0 Å². The number of hydrogen-bond acceptors (Lipinski definition) is 3. The van der Waals surface area contributed by atoms with Crippen LogP contribution in [0.3, 0.4) is 0 Å². The molecule has 0 aromatic heterocycles. The third-order valence-corrected chi connectivity index (χ3v) is 2.87. The average molecular weight is 231 g/mol. The predicted molar refractivity (Wildman–Crippen MR) is 66.5 cm³/mol. The van der Waals surface area contributed by atoms with Gasteiger partial charge in [0.15, 0.2) is 0 Å². The fourth-order valence-electron chi connectivity index (χ4n) is 1.14. The Bertz CT molecular complexity index is 174. The van der Waals surface area contributed by atoms with Crippen molar-refractivity contribution in [2.45, 2.75) is 25.7 Å². The summed E-state index contributed by atoms with van der Waals surface area (Å²) in [5.74, 6) is 1.44. The summed E-state index contributed by atoms with van der Waals surface area (Å²) in [5.41, 5.74) is 0. The standard InChI is InChI=1S/C11H21NO2S/c1-2-9-15-10-8-12-7-5-3-4-6-11(13)14/h2,12H,1,3-10H2,(H,13,14). The second kappa shape index (κ2) is 11.6. The van der Waals surface area contributed by atoms with E-state index in [0.29, 0.717) is 6.42 Å². The van der Waals surface area contributed by atoms with E-state index in [0.717, 1.165) is 43.9 Å². The molecular weight excluding hydrogens is 210 g/mol. The Morgan fingerprint density at radius 1 is 1.33 bits per heavy atom. The fourth-order valence-corrected chi connectivity index (χ4v) is 1.76. The van der Waals surface area contributed by atoms with Gasteiger partial charge in [-0.1, -0.05) is 12.5 Å². The quantitative estimate of drug-likeness (QED) is 0.422. The summed E-state index contributed by atoms with van der Waals surface area (Å²) in [6.45, 7) is 5.67. The minimum Gasteiger partial charge on any atom is -0.481 e. The molecule has 0 saturated carbocycles. The van der Waals surface area contributed by atoms with Gasteiger partial charge in [-0.3, -0.25) is 4.79 Å². The molecule has 0 aromatic carbocycles. The van der Waals surface area contributed by atoms with Gasteiger partial charge in [-0.05, 0) is 19.4 Å². The van der Waals surface area contributed by atoms with Crippen LogP contribution in [0.4, 0.5) is 0 Å². The lowest BCUT2D eigenvalue weighted by molar-refractivity contribution is -0.137. The number of aliphatic carboxylic acids is 1. The van der Waals surface area contributed by atoms with E-state index in [1.165, 1.54) is 0 Å². The van der Waals surface area contributed by atoms with Gasteiger partial charge in [0.05, 0.1) is 0 Å². The Morgan fingerprint density at radius 3 is 2.80 bits per heavy atom. The van der Waals surface area contributed by atoms with E-state index in [1.807, 2.05) is 17.8 Å². The van der Waals surface area contributed by atoms with Gasteiger partial charge in [-0.2, -0.15) is 11.8 Å². The number of hydrogen-bond donors (Lipinski definition) is 2. The molecule has 0 heterocycles. The van der Waals surface area contributed by atoms with E-state index in [-0.39, 0.29) is 0 Å². The third kappa shape index (κ3) is 13.5. The van der Waals surface area contributed by atoms with Crippen molar-refractivity contribution >= 4 is 17.7 Å². The van der Waals surface area contributed by atoms with E-state index in [2.05, 4.69) is 11.9 Å². The van der Waals surface area contributed by atoms with Crippen LogP contribution < -0.4 is 5.32 Å². The summed E-state index contributed by atoms with van der Waals surface area (Å²) in [6.07, 6.45) is 5.08. The maximum atomic E-state index is 10.2. The number of carbonyl (C=O) groups is 1. The minimum absolute atomic E-state index is 0.301. The second-order valence-corrected chi connectivity index (χ2v) is 4.47. The van der Waals surface area contributed by atoms with Gasteiger partial charge in [0.1, 0.15) is 0 Å². The molecule has 0 aliphatic rings. The monoisotopic (exact) mass is 231 g/mol. The van der Waals surface area contributed by atoms with Gasteiger partial charge < -0.3 is 10.4 Å². The molecular formula is C11H21NO2S. The van der Waals surface area contributed by atoms with Crippen LogP contribution in [0.15, 0.2) is 12.7 Å². The minimum atomic E-state index is -0.691. The summed E-state index contributed by atoms with van der Waals surface area (Å²) >= 11 is 1.87. The van der Waals surface area contributed by atoms with Crippen molar-refractivity contribution < 1.29 is 9.90 Å². The summed E-state index contributed by atoms with van der Waals surface area (Å²) in [4.78, 5) is 10.2. The van der Waals surface area contributed by atoms with Gasteiger partial charge in [-0.25, -0.2) is 0 Å². The third-order valence-electron chi connectivity index (χ3n) is 1.90. The Hall–Kier alpha value is -0.480. The van der Waals surface area contributed by atoms with Crippen LogP contribution in [0, 0.1) is 0 Å².